The maximum atomic E-state index is 9.70. The van der Waals surface area contributed by atoms with Crippen molar-refractivity contribution in [1.29, 1.82) is 5.26 Å². The first-order valence-electron chi connectivity index (χ1n) is 8.19. The Balaban J connectivity index is 2.41. The molecule has 0 aliphatic carbocycles. The van der Waals surface area contributed by atoms with Crippen LogP contribution < -0.4 is 14.8 Å². The van der Waals surface area contributed by atoms with Crippen LogP contribution in [0.25, 0.3) is 11.3 Å². The van der Waals surface area contributed by atoms with Gasteiger partial charge in [0.1, 0.15) is 17.5 Å². The molecule has 2 rings (SSSR count). The molecule has 9 heteroatoms. The molecule has 0 radical (unpaired) electrons. The smallest absolute Gasteiger partial charge is 0.189 e. The van der Waals surface area contributed by atoms with Crippen LogP contribution in [-0.2, 0) is 4.74 Å². The number of nitrogens with one attached hydrogen (secondary N) is 1. The number of aromatic nitrogens is 2. The van der Waals surface area contributed by atoms with Gasteiger partial charge in [-0.2, -0.15) is 5.26 Å². The van der Waals surface area contributed by atoms with Crippen LogP contribution >= 0.6 is 11.8 Å². The van der Waals surface area contributed by atoms with E-state index in [1.54, 1.807) is 26.4 Å². The monoisotopic (exact) mass is 390 g/mol. The van der Waals surface area contributed by atoms with E-state index in [0.29, 0.717) is 46.9 Å². The van der Waals surface area contributed by atoms with E-state index in [0.717, 1.165) is 5.56 Å². The zero-order valence-electron chi connectivity index (χ0n) is 15.5. The number of nitrogens with zero attached hydrogens (tertiary/aromatic N) is 3. The number of thioether (sulfide) groups is 1. The number of aliphatic hydroxyl groups excluding tert-OH is 1. The van der Waals surface area contributed by atoms with Gasteiger partial charge in [-0.15, -0.1) is 0 Å². The standard InChI is InChI=1S/C18H22N4O4S/c1-24-14-5-4-12(10-15(14)25-2)16-13(11-19)17(22-18(21-16)27-3)20-6-8-26-9-7-23/h4-5,10,23H,6-9H2,1-3H3,(H,20,21,22). The molecule has 0 fully saturated rings. The predicted molar refractivity (Wildman–Crippen MR) is 103 cm³/mol. The lowest BCUT2D eigenvalue weighted by Gasteiger charge is -2.14. The average Bonchev–Trinajstić information content (AvgIpc) is 2.72. The summed E-state index contributed by atoms with van der Waals surface area (Å²) < 4.78 is 15.8. The number of nitriles is 1. The Morgan fingerprint density at radius 3 is 2.59 bits per heavy atom. The summed E-state index contributed by atoms with van der Waals surface area (Å²) in [6, 6.07) is 7.55. The fourth-order valence-corrected chi connectivity index (χ4v) is 2.73. The molecule has 8 nitrogen and oxygen atoms in total. The van der Waals surface area contributed by atoms with Gasteiger partial charge in [0.15, 0.2) is 16.7 Å². The number of aliphatic hydroxyl groups is 1. The largest absolute Gasteiger partial charge is 0.493 e. The van der Waals surface area contributed by atoms with Crippen LogP contribution in [0.1, 0.15) is 5.56 Å². The molecule has 0 unspecified atom stereocenters. The van der Waals surface area contributed by atoms with Gasteiger partial charge in [0.05, 0.1) is 39.7 Å². The molecule has 0 saturated carbocycles. The number of methoxy groups -OCH3 is 2. The highest BCUT2D eigenvalue weighted by Crippen LogP contribution is 2.34. The Morgan fingerprint density at radius 2 is 1.96 bits per heavy atom. The van der Waals surface area contributed by atoms with E-state index >= 15 is 0 Å². The molecule has 0 atom stereocenters. The van der Waals surface area contributed by atoms with Gasteiger partial charge in [0.2, 0.25) is 0 Å². The highest BCUT2D eigenvalue weighted by Gasteiger charge is 2.17. The minimum atomic E-state index is -0.0307. The Labute approximate surface area is 162 Å². The number of anilines is 1. The van der Waals surface area contributed by atoms with Gasteiger partial charge in [0.25, 0.3) is 0 Å². The van der Waals surface area contributed by atoms with Gasteiger partial charge in [-0.25, -0.2) is 9.97 Å². The van der Waals surface area contributed by atoms with E-state index < -0.39 is 0 Å². The Morgan fingerprint density at radius 1 is 1.19 bits per heavy atom. The minimum absolute atomic E-state index is 0.0307. The van der Waals surface area contributed by atoms with Gasteiger partial charge < -0.3 is 24.6 Å². The molecule has 0 amide bonds. The molecule has 2 N–H and O–H groups in total. The van der Waals surface area contributed by atoms with Crippen molar-refractivity contribution in [3.8, 4) is 28.8 Å². The van der Waals surface area contributed by atoms with Gasteiger partial charge >= 0.3 is 0 Å². The molecule has 0 aliphatic heterocycles. The minimum Gasteiger partial charge on any atom is -0.493 e. The van der Waals surface area contributed by atoms with Crippen molar-refractivity contribution in [1.82, 2.24) is 9.97 Å². The second-order valence-electron chi connectivity index (χ2n) is 5.23. The van der Waals surface area contributed by atoms with E-state index in [4.69, 9.17) is 19.3 Å². The molecule has 1 aromatic carbocycles. The lowest BCUT2D eigenvalue weighted by molar-refractivity contribution is 0.0992. The van der Waals surface area contributed by atoms with Gasteiger partial charge in [0, 0.05) is 12.1 Å². The summed E-state index contributed by atoms with van der Waals surface area (Å²) in [5.74, 6) is 1.59. The second kappa shape index (κ2) is 10.6. The molecule has 0 bridgehead atoms. The molecule has 27 heavy (non-hydrogen) atoms. The van der Waals surface area contributed by atoms with E-state index in [1.165, 1.54) is 11.8 Å². The van der Waals surface area contributed by atoms with Crippen LogP contribution in [0.3, 0.4) is 0 Å². The SMILES string of the molecule is COc1ccc(-c2nc(SC)nc(NCCOCCO)c2C#N)cc1OC. The molecular weight excluding hydrogens is 368 g/mol. The zero-order valence-corrected chi connectivity index (χ0v) is 16.3. The van der Waals surface area contributed by atoms with Crippen LogP contribution in [0.5, 0.6) is 11.5 Å². The third-order valence-electron chi connectivity index (χ3n) is 3.61. The van der Waals surface area contributed by atoms with Crippen molar-refractivity contribution in [3.63, 3.8) is 0 Å². The maximum Gasteiger partial charge on any atom is 0.189 e. The van der Waals surface area contributed by atoms with Gasteiger partial charge in [-0.3, -0.25) is 0 Å². The highest BCUT2D eigenvalue weighted by atomic mass is 32.2. The van der Waals surface area contributed by atoms with E-state index in [9.17, 15) is 5.26 Å². The van der Waals surface area contributed by atoms with Crippen molar-refractivity contribution in [2.45, 2.75) is 5.16 Å². The van der Waals surface area contributed by atoms with Crippen molar-refractivity contribution in [2.24, 2.45) is 0 Å². The van der Waals surface area contributed by atoms with Crippen molar-refractivity contribution in [2.75, 3.05) is 52.2 Å². The molecule has 144 valence electrons. The Bertz CT molecular complexity index is 811. The summed E-state index contributed by atoms with van der Waals surface area (Å²) in [7, 11) is 3.12. The van der Waals surface area contributed by atoms with E-state index in [1.807, 2.05) is 12.3 Å². The maximum absolute atomic E-state index is 9.70. The second-order valence-corrected chi connectivity index (χ2v) is 6.00. The first kappa shape index (κ1) is 20.8. The fourth-order valence-electron chi connectivity index (χ4n) is 2.37. The van der Waals surface area contributed by atoms with E-state index in [-0.39, 0.29) is 13.2 Å². The Kier molecular flexibility index (Phi) is 8.13. The third-order valence-corrected chi connectivity index (χ3v) is 4.16. The highest BCUT2D eigenvalue weighted by molar-refractivity contribution is 7.98. The summed E-state index contributed by atoms with van der Waals surface area (Å²) in [5.41, 5.74) is 1.57. The average molecular weight is 390 g/mol. The van der Waals surface area contributed by atoms with Crippen molar-refractivity contribution < 1.29 is 19.3 Å². The van der Waals surface area contributed by atoms with Crippen LogP contribution in [0, 0.1) is 11.3 Å². The number of benzene rings is 1. The van der Waals surface area contributed by atoms with Crippen LogP contribution in [0.4, 0.5) is 5.82 Å². The van der Waals surface area contributed by atoms with Crippen LogP contribution in [-0.4, -0.2) is 61.9 Å². The molecular formula is C18H22N4O4S. The first-order valence-corrected chi connectivity index (χ1v) is 9.42. The number of hydrogen-bond acceptors (Lipinski definition) is 9. The summed E-state index contributed by atoms with van der Waals surface area (Å²) in [4.78, 5) is 8.91. The van der Waals surface area contributed by atoms with E-state index in [2.05, 4.69) is 21.4 Å². The first-order chi connectivity index (χ1) is 13.2. The van der Waals surface area contributed by atoms with Crippen LogP contribution in [0.15, 0.2) is 23.4 Å². The normalized spacial score (nSPS) is 10.3. The number of rotatable bonds is 10. The van der Waals surface area contributed by atoms with Gasteiger partial charge in [-0.1, -0.05) is 11.8 Å². The lowest BCUT2D eigenvalue weighted by Crippen LogP contribution is -2.14. The summed E-state index contributed by atoms with van der Waals surface area (Å²) in [6.45, 7) is 1.07. The molecule has 2 aromatic rings. The van der Waals surface area contributed by atoms with Crippen molar-refractivity contribution in [3.05, 3.63) is 23.8 Å². The summed E-state index contributed by atoms with van der Waals surface area (Å²) in [6.07, 6.45) is 1.87. The molecule has 0 spiro atoms. The van der Waals surface area contributed by atoms with Crippen molar-refractivity contribution >= 4 is 17.6 Å². The molecule has 0 aliphatic rings. The van der Waals surface area contributed by atoms with Gasteiger partial charge in [-0.05, 0) is 24.5 Å². The zero-order chi connectivity index (χ0) is 19.6. The quantitative estimate of drug-likeness (QED) is 0.358. The molecule has 1 aromatic heterocycles. The summed E-state index contributed by atoms with van der Waals surface area (Å²) in [5, 5.41) is 22.1. The summed E-state index contributed by atoms with van der Waals surface area (Å²) >= 11 is 1.38. The molecule has 0 saturated heterocycles. The lowest BCUT2D eigenvalue weighted by atomic mass is 10.1. The fraction of sp³-hybridized carbons (Fsp3) is 0.389. The Hall–Kier alpha value is -2.54. The third kappa shape index (κ3) is 5.23. The number of ether oxygens (including phenoxy) is 3. The predicted octanol–water partition coefficient (Wildman–Crippen LogP) is 2.18. The molecule has 1 heterocycles. The number of hydrogen-bond donors (Lipinski definition) is 2. The van der Waals surface area contributed by atoms with Crippen LogP contribution in [0.2, 0.25) is 0 Å². The topological polar surface area (TPSA) is 110 Å².